The Labute approximate surface area is 124 Å². The lowest BCUT2D eigenvalue weighted by Gasteiger charge is -2.41. The Morgan fingerprint density at radius 2 is 2.00 bits per heavy atom. The van der Waals surface area contributed by atoms with E-state index in [9.17, 15) is 4.79 Å². The molecule has 0 aromatic carbocycles. The SMILES string of the molecule is CCCC1CC(NC(=O)C(C)C)CN(CC2CCC2)C1. The molecule has 3 heteroatoms. The van der Waals surface area contributed by atoms with E-state index >= 15 is 0 Å². The maximum absolute atomic E-state index is 11.9. The third kappa shape index (κ3) is 4.47. The Bertz CT molecular complexity index is 312. The first kappa shape index (κ1) is 15.8. The summed E-state index contributed by atoms with van der Waals surface area (Å²) >= 11 is 0. The standard InChI is InChI=1S/C17H32N2O/c1-4-6-15-9-16(18-17(20)13(2)3)12-19(11-15)10-14-7-5-8-14/h13-16H,4-12H2,1-3H3,(H,18,20). The molecule has 2 fully saturated rings. The van der Waals surface area contributed by atoms with Crippen LogP contribution in [0.4, 0.5) is 0 Å². The molecule has 1 N–H and O–H groups in total. The van der Waals surface area contributed by atoms with Gasteiger partial charge in [0.05, 0.1) is 0 Å². The van der Waals surface area contributed by atoms with Crippen molar-refractivity contribution in [1.29, 1.82) is 0 Å². The van der Waals surface area contributed by atoms with E-state index in [1.54, 1.807) is 0 Å². The molecular weight excluding hydrogens is 248 g/mol. The van der Waals surface area contributed by atoms with Crippen molar-refractivity contribution in [3.05, 3.63) is 0 Å². The van der Waals surface area contributed by atoms with Crippen LogP contribution in [-0.4, -0.2) is 36.5 Å². The molecule has 1 aliphatic heterocycles. The van der Waals surface area contributed by atoms with Crippen LogP contribution < -0.4 is 5.32 Å². The van der Waals surface area contributed by atoms with Gasteiger partial charge in [0.1, 0.15) is 0 Å². The number of carbonyl (C=O) groups is 1. The lowest BCUT2D eigenvalue weighted by Crippen LogP contribution is -2.52. The van der Waals surface area contributed by atoms with Crippen LogP contribution in [-0.2, 0) is 4.79 Å². The van der Waals surface area contributed by atoms with Crippen molar-refractivity contribution < 1.29 is 4.79 Å². The normalized spacial score (nSPS) is 28.4. The van der Waals surface area contributed by atoms with Gasteiger partial charge in [0, 0.05) is 31.6 Å². The predicted molar refractivity (Wildman–Crippen MR) is 83.6 cm³/mol. The highest BCUT2D eigenvalue weighted by Gasteiger charge is 2.30. The van der Waals surface area contributed by atoms with Crippen molar-refractivity contribution in [2.24, 2.45) is 17.8 Å². The highest BCUT2D eigenvalue weighted by atomic mass is 16.1. The third-order valence-corrected chi connectivity index (χ3v) is 4.92. The number of amides is 1. The van der Waals surface area contributed by atoms with Gasteiger partial charge in [-0.2, -0.15) is 0 Å². The maximum Gasteiger partial charge on any atom is 0.222 e. The quantitative estimate of drug-likeness (QED) is 0.811. The second-order valence-corrected chi connectivity index (χ2v) is 7.27. The molecule has 2 aliphatic rings. The van der Waals surface area contributed by atoms with Crippen LogP contribution in [0.1, 0.15) is 59.3 Å². The smallest absolute Gasteiger partial charge is 0.222 e. The van der Waals surface area contributed by atoms with Gasteiger partial charge in [-0.15, -0.1) is 0 Å². The Morgan fingerprint density at radius 1 is 1.25 bits per heavy atom. The zero-order valence-corrected chi connectivity index (χ0v) is 13.5. The summed E-state index contributed by atoms with van der Waals surface area (Å²) in [5.74, 6) is 2.01. The summed E-state index contributed by atoms with van der Waals surface area (Å²) in [5, 5.41) is 3.27. The Morgan fingerprint density at radius 3 is 2.55 bits per heavy atom. The van der Waals surface area contributed by atoms with E-state index in [1.807, 2.05) is 13.8 Å². The van der Waals surface area contributed by atoms with Crippen LogP contribution >= 0.6 is 0 Å². The van der Waals surface area contributed by atoms with Crippen molar-refractivity contribution in [1.82, 2.24) is 10.2 Å². The van der Waals surface area contributed by atoms with Crippen LogP contribution in [0.25, 0.3) is 0 Å². The minimum atomic E-state index is 0.0987. The van der Waals surface area contributed by atoms with Crippen molar-refractivity contribution in [2.75, 3.05) is 19.6 Å². The van der Waals surface area contributed by atoms with Crippen molar-refractivity contribution >= 4 is 5.91 Å². The number of hydrogen-bond acceptors (Lipinski definition) is 2. The summed E-state index contributed by atoms with van der Waals surface area (Å²) in [6.45, 7) is 9.80. The van der Waals surface area contributed by atoms with Crippen LogP contribution in [0, 0.1) is 17.8 Å². The second kappa shape index (κ2) is 7.44. The van der Waals surface area contributed by atoms with E-state index in [4.69, 9.17) is 0 Å². The van der Waals surface area contributed by atoms with Crippen molar-refractivity contribution in [2.45, 2.75) is 65.3 Å². The summed E-state index contributed by atoms with van der Waals surface area (Å²) < 4.78 is 0. The largest absolute Gasteiger partial charge is 0.352 e. The average Bonchev–Trinajstić information content (AvgIpc) is 2.34. The van der Waals surface area contributed by atoms with Crippen LogP contribution in [0.3, 0.4) is 0 Å². The molecule has 1 saturated heterocycles. The van der Waals surface area contributed by atoms with Gasteiger partial charge in [0.25, 0.3) is 0 Å². The molecule has 0 aromatic rings. The zero-order chi connectivity index (χ0) is 14.5. The van der Waals surface area contributed by atoms with Gasteiger partial charge in [-0.3, -0.25) is 4.79 Å². The van der Waals surface area contributed by atoms with Gasteiger partial charge in [-0.25, -0.2) is 0 Å². The van der Waals surface area contributed by atoms with Crippen molar-refractivity contribution in [3.8, 4) is 0 Å². The number of piperidine rings is 1. The van der Waals surface area contributed by atoms with Gasteiger partial charge in [-0.05, 0) is 37.5 Å². The van der Waals surface area contributed by atoms with Crippen molar-refractivity contribution in [3.63, 3.8) is 0 Å². The molecule has 1 aliphatic carbocycles. The Balaban J connectivity index is 1.87. The average molecular weight is 280 g/mol. The van der Waals surface area contributed by atoms with E-state index in [-0.39, 0.29) is 11.8 Å². The molecule has 116 valence electrons. The first-order valence-corrected chi connectivity index (χ1v) is 8.61. The van der Waals surface area contributed by atoms with E-state index in [2.05, 4.69) is 17.1 Å². The van der Waals surface area contributed by atoms with Crippen LogP contribution in [0.2, 0.25) is 0 Å². The molecule has 0 bridgehead atoms. The summed E-state index contributed by atoms with van der Waals surface area (Å²) in [7, 11) is 0. The minimum Gasteiger partial charge on any atom is -0.352 e. The van der Waals surface area contributed by atoms with Gasteiger partial charge in [0.2, 0.25) is 5.91 Å². The fourth-order valence-corrected chi connectivity index (χ4v) is 3.58. The number of rotatable bonds is 6. The lowest BCUT2D eigenvalue weighted by atomic mass is 9.83. The summed E-state index contributed by atoms with van der Waals surface area (Å²) in [5.41, 5.74) is 0. The first-order chi connectivity index (χ1) is 9.58. The molecule has 0 aromatic heterocycles. The van der Waals surface area contributed by atoms with Gasteiger partial charge in [-0.1, -0.05) is 33.6 Å². The number of hydrogen-bond donors (Lipinski definition) is 1. The molecule has 2 rings (SSSR count). The molecule has 1 heterocycles. The van der Waals surface area contributed by atoms with Gasteiger partial charge < -0.3 is 10.2 Å². The van der Waals surface area contributed by atoms with Gasteiger partial charge >= 0.3 is 0 Å². The first-order valence-electron chi connectivity index (χ1n) is 8.61. The Kier molecular flexibility index (Phi) is 5.88. The van der Waals surface area contributed by atoms with Crippen LogP contribution in [0.5, 0.6) is 0 Å². The van der Waals surface area contributed by atoms with Crippen LogP contribution in [0.15, 0.2) is 0 Å². The monoisotopic (exact) mass is 280 g/mol. The zero-order valence-electron chi connectivity index (χ0n) is 13.5. The summed E-state index contributed by atoms with van der Waals surface area (Å²) in [4.78, 5) is 14.6. The van der Waals surface area contributed by atoms with Gasteiger partial charge in [0.15, 0.2) is 0 Å². The number of nitrogens with zero attached hydrogens (tertiary/aromatic N) is 1. The molecule has 3 nitrogen and oxygen atoms in total. The maximum atomic E-state index is 11.9. The summed E-state index contributed by atoms with van der Waals surface area (Å²) in [6, 6.07) is 0.371. The predicted octanol–water partition coefficient (Wildman–Crippen LogP) is 3.05. The molecule has 2 unspecified atom stereocenters. The highest BCUT2D eigenvalue weighted by molar-refractivity contribution is 5.78. The Hall–Kier alpha value is -0.570. The topological polar surface area (TPSA) is 32.3 Å². The van der Waals surface area contributed by atoms with E-state index < -0.39 is 0 Å². The molecule has 2 atom stereocenters. The number of carbonyl (C=O) groups excluding carboxylic acids is 1. The molecule has 1 saturated carbocycles. The number of nitrogens with one attached hydrogen (secondary N) is 1. The third-order valence-electron chi connectivity index (χ3n) is 4.92. The van der Waals surface area contributed by atoms with E-state index in [0.29, 0.717) is 6.04 Å². The molecular formula is C17H32N2O. The fourth-order valence-electron chi connectivity index (χ4n) is 3.58. The fraction of sp³-hybridized carbons (Fsp3) is 0.941. The highest BCUT2D eigenvalue weighted by Crippen LogP contribution is 2.29. The second-order valence-electron chi connectivity index (χ2n) is 7.27. The molecule has 20 heavy (non-hydrogen) atoms. The van der Waals surface area contributed by atoms with E-state index in [0.717, 1.165) is 18.4 Å². The minimum absolute atomic E-state index is 0.0987. The lowest BCUT2D eigenvalue weighted by molar-refractivity contribution is -0.125. The molecule has 0 radical (unpaired) electrons. The molecule has 0 spiro atoms. The molecule has 1 amide bonds. The number of likely N-dealkylation sites (tertiary alicyclic amines) is 1. The van der Waals surface area contributed by atoms with E-state index in [1.165, 1.54) is 51.6 Å². The summed E-state index contributed by atoms with van der Waals surface area (Å²) in [6.07, 6.45) is 7.98.